The summed E-state index contributed by atoms with van der Waals surface area (Å²) in [7, 11) is 1.51. The summed E-state index contributed by atoms with van der Waals surface area (Å²) >= 11 is 0. The van der Waals surface area contributed by atoms with Crippen LogP contribution < -0.4 is 39.0 Å². The first-order chi connectivity index (χ1) is 27.7. The Hall–Kier alpha value is -3.70. The summed E-state index contributed by atoms with van der Waals surface area (Å²) in [5.74, 6) is 1.31. The van der Waals surface area contributed by atoms with Gasteiger partial charge in [0, 0.05) is 62.9 Å². The summed E-state index contributed by atoms with van der Waals surface area (Å²) in [5.41, 5.74) is 8.40. The molecule has 9 nitrogen and oxygen atoms in total. The number of hydrogen-bond acceptors (Lipinski definition) is 8. The molecule has 2 spiro atoms. The molecule has 4 aliphatic carbocycles. The van der Waals surface area contributed by atoms with Gasteiger partial charge < -0.3 is 34.6 Å². The Morgan fingerprint density at radius 3 is 1.39 bits per heavy atom. The van der Waals surface area contributed by atoms with E-state index in [1.807, 2.05) is 12.1 Å². The van der Waals surface area contributed by atoms with Crippen LogP contribution in [0.25, 0.3) is 0 Å². The number of benzene rings is 4. The Morgan fingerprint density at radius 1 is 0.593 bits per heavy atom. The van der Waals surface area contributed by atoms with Gasteiger partial charge in [-0.3, -0.25) is 9.59 Å². The molecule has 2 aliphatic heterocycles. The van der Waals surface area contributed by atoms with Gasteiger partial charge in [-0.05, 0) is 109 Å². The molecule has 10 heteroatoms. The standard InChI is InChI=1S/C25H29NO3.C24H27NO3.Na.H2O/c1-28-23(27)25(10-11-25)18-26-16-24(17-26)14-20-7-8-22(13-21(20)15-24)29-12-9-19-5-3-2-4-6-19;26-22(27)24(9-10-24)17-25-15-23(16-25)13-19-6-7-21(12-20(19)14-23)28-11-8-18-4-2-1-3-5-18;;/h2-8,13H,9-12,14-18H2,1H3;1-7,12H,8-11,13-17H2,(H,26,27);;1H2/q;;+1;/p-1. The molecule has 2 N–H and O–H groups in total. The Labute approximate surface area is 371 Å². The number of hydrogen-bond donors (Lipinski definition) is 1. The van der Waals surface area contributed by atoms with Crippen LogP contribution in [0.5, 0.6) is 11.5 Å². The maximum absolute atomic E-state index is 12.0. The maximum atomic E-state index is 12.0. The number of rotatable bonds is 14. The van der Waals surface area contributed by atoms with Crippen molar-refractivity contribution in [2.45, 2.75) is 64.2 Å². The molecular weight excluding hydrogens is 752 g/mol. The topological polar surface area (TPSA) is 119 Å². The first-order valence-corrected chi connectivity index (χ1v) is 21.0. The summed E-state index contributed by atoms with van der Waals surface area (Å²) in [6.07, 6.45) is 9.97. The van der Waals surface area contributed by atoms with E-state index >= 15 is 0 Å². The van der Waals surface area contributed by atoms with Crippen LogP contribution in [0.1, 0.15) is 59.1 Å². The largest absolute Gasteiger partial charge is 1.00 e. The number of likely N-dealkylation sites (tertiary alicyclic amines) is 2. The molecule has 2 saturated carbocycles. The number of carboxylic acid groups (broad SMARTS) is 1. The Bertz CT molecular complexity index is 2090. The first kappa shape index (κ1) is 43.4. The smallest absolute Gasteiger partial charge is 0.870 e. The van der Waals surface area contributed by atoms with Crippen molar-refractivity contribution in [1.82, 2.24) is 9.80 Å². The van der Waals surface area contributed by atoms with E-state index in [2.05, 4.69) is 94.7 Å². The number of nitrogens with zero attached hydrogens (tertiary/aromatic N) is 2. The average molecular weight is 809 g/mol. The van der Waals surface area contributed by atoms with E-state index in [0.29, 0.717) is 24.0 Å². The summed E-state index contributed by atoms with van der Waals surface area (Å²) in [6, 6.07) is 34.1. The number of ether oxygens (including phenoxy) is 3. The molecular formula is C49H57N2NaO7. The van der Waals surface area contributed by atoms with Crippen molar-refractivity contribution in [2.75, 3.05) is 59.6 Å². The zero-order chi connectivity index (χ0) is 39.1. The Morgan fingerprint density at radius 2 is 1.00 bits per heavy atom. The second-order valence-corrected chi connectivity index (χ2v) is 18.4. The van der Waals surface area contributed by atoms with Crippen molar-refractivity contribution in [3.05, 3.63) is 130 Å². The molecule has 4 fully saturated rings. The van der Waals surface area contributed by atoms with Crippen molar-refractivity contribution in [1.29, 1.82) is 0 Å². The van der Waals surface area contributed by atoms with Gasteiger partial charge in [-0.2, -0.15) is 0 Å². The van der Waals surface area contributed by atoms with Crippen LogP contribution in [0.3, 0.4) is 0 Å². The molecule has 6 aliphatic rings. The minimum atomic E-state index is -0.611. The van der Waals surface area contributed by atoms with E-state index in [-0.39, 0.29) is 46.4 Å². The monoisotopic (exact) mass is 808 g/mol. The van der Waals surface area contributed by atoms with E-state index in [9.17, 15) is 14.7 Å². The quantitative estimate of drug-likeness (QED) is 0.149. The Kier molecular flexibility index (Phi) is 13.0. The fourth-order valence-corrected chi connectivity index (χ4v) is 10.4. The Balaban J connectivity index is 0.000000173. The average Bonchev–Trinajstić information content (AvgIpc) is 4.09. The number of carboxylic acids is 1. The van der Waals surface area contributed by atoms with Gasteiger partial charge >= 0.3 is 41.5 Å². The van der Waals surface area contributed by atoms with Gasteiger partial charge in [-0.15, -0.1) is 0 Å². The fourth-order valence-electron chi connectivity index (χ4n) is 10.4. The third kappa shape index (κ3) is 9.61. The van der Waals surface area contributed by atoms with E-state index in [1.54, 1.807) is 0 Å². The predicted octanol–water partition coefficient (Wildman–Crippen LogP) is 4.06. The van der Waals surface area contributed by atoms with Gasteiger partial charge in [0.15, 0.2) is 0 Å². The number of carbonyl (C=O) groups excluding carboxylic acids is 1. The number of aliphatic carboxylic acids is 1. The van der Waals surface area contributed by atoms with Crippen LogP contribution in [0.2, 0.25) is 0 Å². The third-order valence-electron chi connectivity index (χ3n) is 13.7. The van der Waals surface area contributed by atoms with Crippen LogP contribution in [0, 0.1) is 21.7 Å². The van der Waals surface area contributed by atoms with E-state index in [4.69, 9.17) is 14.2 Å². The third-order valence-corrected chi connectivity index (χ3v) is 13.7. The summed E-state index contributed by atoms with van der Waals surface area (Å²) in [4.78, 5) is 28.2. The first-order valence-electron chi connectivity index (χ1n) is 21.0. The molecule has 2 saturated heterocycles. The van der Waals surface area contributed by atoms with E-state index in [0.717, 1.165) is 115 Å². The van der Waals surface area contributed by atoms with E-state index < -0.39 is 11.4 Å². The fraction of sp³-hybridized carbons (Fsp3) is 0.469. The van der Waals surface area contributed by atoms with Gasteiger partial charge in [0.25, 0.3) is 0 Å². The molecule has 0 unspecified atom stereocenters. The molecule has 10 rings (SSSR count). The number of fused-ring (bicyclic) bond motifs is 2. The molecule has 4 aromatic rings. The van der Waals surface area contributed by atoms with Crippen LogP contribution in [0.15, 0.2) is 97.1 Å². The molecule has 0 amide bonds. The van der Waals surface area contributed by atoms with Crippen LogP contribution >= 0.6 is 0 Å². The van der Waals surface area contributed by atoms with Gasteiger partial charge in [0.1, 0.15) is 11.5 Å². The van der Waals surface area contributed by atoms with Crippen LogP contribution in [-0.4, -0.2) is 91.9 Å². The predicted molar refractivity (Wildman–Crippen MR) is 222 cm³/mol. The zero-order valence-corrected chi connectivity index (χ0v) is 36.8. The normalized spacial score (nSPS) is 20.2. The number of esters is 1. The SMILES string of the molecule is COC(=O)C1(CN2CC3(Cc4ccc(OCCc5ccccc5)cc4C3)C2)CC1.O=C(O)C1(CN2CC3(Cc4ccc(OCCc5ccccc5)cc4C3)C2)CC1.[Na+].[OH-]. The van der Waals surface area contributed by atoms with Crippen LogP contribution in [0.4, 0.5) is 0 Å². The summed E-state index contributed by atoms with van der Waals surface area (Å²) in [6.45, 7) is 7.23. The van der Waals surface area contributed by atoms with Gasteiger partial charge in [0.2, 0.25) is 0 Å². The number of carbonyl (C=O) groups is 2. The molecule has 0 aromatic heterocycles. The molecule has 0 atom stereocenters. The molecule has 0 bridgehead atoms. The number of methoxy groups -OCH3 is 1. The van der Waals surface area contributed by atoms with Crippen molar-refractivity contribution in [2.24, 2.45) is 21.7 Å². The van der Waals surface area contributed by atoms with Crippen molar-refractivity contribution in [3.63, 3.8) is 0 Å². The zero-order valence-electron chi connectivity index (χ0n) is 34.8. The van der Waals surface area contributed by atoms with Crippen molar-refractivity contribution in [3.8, 4) is 11.5 Å². The summed E-state index contributed by atoms with van der Waals surface area (Å²) in [5, 5.41) is 9.40. The second-order valence-electron chi connectivity index (χ2n) is 18.4. The van der Waals surface area contributed by atoms with Gasteiger partial charge in [0.05, 0.1) is 31.2 Å². The maximum Gasteiger partial charge on any atom is 1.00 e. The molecule has 306 valence electrons. The molecule has 0 radical (unpaired) electrons. The molecule has 59 heavy (non-hydrogen) atoms. The van der Waals surface area contributed by atoms with E-state index in [1.165, 1.54) is 40.5 Å². The molecule has 2 heterocycles. The minimum Gasteiger partial charge on any atom is -0.870 e. The van der Waals surface area contributed by atoms with Gasteiger partial charge in [-0.25, -0.2) is 0 Å². The minimum absolute atomic E-state index is 0. The molecule has 4 aromatic carbocycles. The van der Waals surface area contributed by atoms with Crippen LogP contribution in [-0.2, 0) is 52.9 Å². The van der Waals surface area contributed by atoms with Crippen molar-refractivity contribution < 1.29 is 63.9 Å². The van der Waals surface area contributed by atoms with Gasteiger partial charge in [-0.1, -0.05) is 72.8 Å². The van der Waals surface area contributed by atoms with Crippen molar-refractivity contribution >= 4 is 11.9 Å². The second kappa shape index (κ2) is 17.7. The summed E-state index contributed by atoms with van der Waals surface area (Å²) < 4.78 is 17.0.